The zero-order valence-electron chi connectivity index (χ0n) is 75.8. The molecule has 0 saturated heterocycles. The summed E-state index contributed by atoms with van der Waals surface area (Å²) < 4.78 is 0. The Morgan fingerprint density at radius 2 is 0.437 bits per heavy atom. The molecule has 3 aromatic heterocycles. The summed E-state index contributed by atoms with van der Waals surface area (Å²) in [6.45, 7) is 14.1. The summed E-state index contributed by atoms with van der Waals surface area (Å²) in [4.78, 5) is 31.5. The van der Waals surface area contributed by atoms with Gasteiger partial charge in [0, 0.05) is 66.3 Å². The van der Waals surface area contributed by atoms with Crippen molar-refractivity contribution in [2.45, 2.75) is 57.8 Å². The van der Waals surface area contributed by atoms with Crippen molar-refractivity contribution in [1.29, 1.82) is 0 Å². The van der Waals surface area contributed by atoms with Gasteiger partial charge in [-0.1, -0.05) is 430 Å². The van der Waals surface area contributed by atoms with Gasteiger partial charge >= 0.3 is 0 Å². The molecule has 6 heteroatoms. The van der Waals surface area contributed by atoms with Gasteiger partial charge in [0.15, 0.2) is 17.5 Å². The first-order valence-corrected chi connectivity index (χ1v) is 46.8. The second kappa shape index (κ2) is 31.8. The lowest BCUT2D eigenvalue weighted by Crippen LogP contribution is -2.15. The van der Waals surface area contributed by atoms with E-state index in [-0.39, 0.29) is 16.2 Å². The summed E-state index contributed by atoms with van der Waals surface area (Å²) in [6.07, 6.45) is 0. The average Bonchev–Trinajstić information content (AvgIpc) is 1.58. The van der Waals surface area contributed by atoms with Crippen LogP contribution in [-0.4, -0.2) is 29.9 Å². The molecule has 6 nitrogen and oxygen atoms in total. The maximum absolute atomic E-state index is 5.32. The molecule has 135 heavy (non-hydrogen) atoms. The minimum Gasteiger partial charge on any atom is -0.228 e. The molecule has 0 aliphatic heterocycles. The number of hydrogen-bond donors (Lipinski definition) is 0. The van der Waals surface area contributed by atoms with Crippen molar-refractivity contribution in [1.82, 2.24) is 29.9 Å². The molecule has 21 aromatic carbocycles. The highest BCUT2D eigenvalue weighted by Crippen LogP contribution is 2.56. The maximum Gasteiger partial charge on any atom is 0.161 e. The van der Waals surface area contributed by atoms with Crippen molar-refractivity contribution < 1.29 is 0 Å². The lowest BCUT2D eigenvalue weighted by atomic mass is 9.80. The standard InChI is InChI=1S/3C43H30N2/c1-43(2)38-19-11-10-18-35(38)36-23-20-29-24-30(21-22-32(29)41(36)43)42-44-39(27-12-4-3-5-13-27)26-40(45-42)37-25-28-14-6-7-15-31(28)33-16-8-9-17-34(33)37;1-43(2)38-19-11-10-18-34(38)35-23-22-27-20-21-30(25-36(27)41(35)43)42-44-39(28-12-4-3-5-13-28)26-40(45-42)37-24-29-14-6-7-15-31(29)32-16-8-9-17-33(32)37;1-43(2)38-18-9-8-15-33(38)35-24-23-32-34(41(35)43)16-10-17-36(32)42-44-39(29-12-4-3-5-13-29)26-40(45-42)30-22-21-28-20-19-27-11-6-7-14-31(27)37(28)25-30/h3*3-26H,1-2H3. The van der Waals surface area contributed by atoms with Crippen LogP contribution in [-0.2, 0) is 16.2 Å². The van der Waals surface area contributed by atoms with Crippen LogP contribution in [0.1, 0.15) is 74.9 Å². The lowest BCUT2D eigenvalue weighted by Gasteiger charge is -2.23. The molecule has 0 amide bonds. The molecule has 0 radical (unpaired) electrons. The molecular weight excluding hydrogens is 1630 g/mol. The molecule has 0 unspecified atom stereocenters. The smallest absolute Gasteiger partial charge is 0.161 e. The van der Waals surface area contributed by atoms with E-state index in [2.05, 4.69) is 460 Å². The van der Waals surface area contributed by atoms with Crippen LogP contribution in [0.5, 0.6) is 0 Å². The van der Waals surface area contributed by atoms with E-state index in [4.69, 9.17) is 29.9 Å². The minimum atomic E-state index is -0.105. The van der Waals surface area contributed by atoms with Gasteiger partial charge < -0.3 is 0 Å². The second-order valence-electron chi connectivity index (χ2n) is 37.8. The fraction of sp³-hybridized carbons (Fsp3) is 0.0698. The van der Waals surface area contributed by atoms with E-state index in [1.54, 1.807) is 0 Å². The van der Waals surface area contributed by atoms with Crippen LogP contribution < -0.4 is 0 Å². The summed E-state index contributed by atoms with van der Waals surface area (Å²) in [7, 11) is 0. The van der Waals surface area contributed by atoms with Crippen molar-refractivity contribution in [3.8, 4) is 135 Å². The van der Waals surface area contributed by atoms with E-state index in [0.29, 0.717) is 0 Å². The van der Waals surface area contributed by atoms with Crippen LogP contribution in [0.2, 0.25) is 0 Å². The average molecular weight is 1720 g/mol. The minimum absolute atomic E-state index is 0.0685. The first kappa shape index (κ1) is 80.3. The lowest BCUT2D eigenvalue weighted by molar-refractivity contribution is 0.666. The summed E-state index contributed by atoms with van der Waals surface area (Å²) in [5, 5.41) is 22.1. The Balaban J connectivity index is 0.000000108. The van der Waals surface area contributed by atoms with Crippen LogP contribution in [0, 0.1) is 0 Å². The molecule has 3 aliphatic rings. The fourth-order valence-electron chi connectivity index (χ4n) is 22.5. The first-order chi connectivity index (χ1) is 66.2. The third-order valence-electron chi connectivity index (χ3n) is 28.9. The highest BCUT2D eigenvalue weighted by Gasteiger charge is 2.40. The van der Waals surface area contributed by atoms with Crippen molar-refractivity contribution in [3.63, 3.8) is 0 Å². The van der Waals surface area contributed by atoms with Crippen LogP contribution in [0.25, 0.3) is 232 Å². The van der Waals surface area contributed by atoms with Gasteiger partial charge in [-0.3, -0.25) is 0 Å². The molecule has 0 bridgehead atoms. The molecule has 3 aliphatic carbocycles. The molecule has 0 fully saturated rings. The van der Waals surface area contributed by atoms with Gasteiger partial charge in [0.1, 0.15) is 0 Å². The summed E-state index contributed by atoms with van der Waals surface area (Å²) >= 11 is 0. The number of benzene rings is 21. The Labute approximate surface area is 784 Å². The van der Waals surface area contributed by atoms with Crippen LogP contribution in [0.15, 0.2) is 437 Å². The summed E-state index contributed by atoms with van der Waals surface area (Å²) in [5.74, 6) is 2.20. The molecule has 636 valence electrons. The molecule has 3 heterocycles. The van der Waals surface area contributed by atoms with Gasteiger partial charge in [0.05, 0.1) is 34.2 Å². The molecule has 27 rings (SSSR count). The Hall–Kier alpha value is -16.8. The Morgan fingerprint density at radius 1 is 0.141 bits per heavy atom. The summed E-state index contributed by atoms with van der Waals surface area (Å²) in [6, 6.07) is 157. The van der Waals surface area contributed by atoms with Crippen LogP contribution in [0.4, 0.5) is 0 Å². The van der Waals surface area contributed by atoms with E-state index in [9.17, 15) is 0 Å². The number of rotatable bonds is 9. The predicted molar refractivity (Wildman–Crippen MR) is 565 cm³/mol. The molecule has 0 N–H and O–H groups in total. The van der Waals surface area contributed by atoms with Gasteiger partial charge in [-0.25, -0.2) is 29.9 Å². The Bertz CT molecular complexity index is 9020. The number of hydrogen-bond acceptors (Lipinski definition) is 6. The van der Waals surface area contributed by atoms with E-state index < -0.39 is 0 Å². The maximum atomic E-state index is 5.32. The third kappa shape index (κ3) is 13.4. The van der Waals surface area contributed by atoms with E-state index in [1.807, 2.05) is 18.2 Å². The SMILES string of the molecule is CC1(C)c2ccccc2-c2ccc3c(-c4nc(-c5ccccc5)cc(-c5ccc6ccc7ccccc7c6c5)n4)cccc3c21.CC1(C)c2ccccc2-c2ccc3cc(-c4nc(-c5ccccc5)cc(-c5cc6ccccc6c6ccccc56)n4)ccc3c21.CC1(C)c2ccccc2-c2ccc3ccc(-c4nc(-c5ccccc5)cc(-c5cc6ccccc6c6ccccc56)n4)cc3c21. The van der Waals surface area contributed by atoms with Crippen LogP contribution in [0.3, 0.4) is 0 Å². The van der Waals surface area contributed by atoms with E-state index in [0.717, 1.165) is 102 Å². The monoisotopic (exact) mass is 1720 g/mol. The third-order valence-corrected chi connectivity index (χ3v) is 28.9. The normalized spacial score (nSPS) is 13.3. The van der Waals surface area contributed by atoms with Gasteiger partial charge in [-0.2, -0.15) is 0 Å². The zero-order valence-corrected chi connectivity index (χ0v) is 75.8. The first-order valence-electron chi connectivity index (χ1n) is 46.8. The van der Waals surface area contributed by atoms with Crippen LogP contribution >= 0.6 is 0 Å². The molecule has 0 atom stereocenters. The van der Waals surface area contributed by atoms with Crippen molar-refractivity contribution >= 4 is 97.0 Å². The van der Waals surface area contributed by atoms with Crippen molar-refractivity contribution in [2.75, 3.05) is 0 Å². The van der Waals surface area contributed by atoms with Crippen molar-refractivity contribution in [3.05, 3.63) is 470 Å². The Kier molecular flexibility index (Phi) is 18.9. The molecule has 0 spiro atoms. The number of aromatic nitrogens is 6. The number of fused-ring (bicyclic) bond motifs is 24. The van der Waals surface area contributed by atoms with Gasteiger partial charge in [0.25, 0.3) is 0 Å². The highest BCUT2D eigenvalue weighted by atomic mass is 14.9. The summed E-state index contributed by atoms with van der Waals surface area (Å²) in [5.41, 5.74) is 31.1. The van der Waals surface area contributed by atoms with Gasteiger partial charge in [-0.15, -0.1) is 0 Å². The predicted octanol–water partition coefficient (Wildman–Crippen LogP) is 33.7. The van der Waals surface area contributed by atoms with Gasteiger partial charge in [-0.05, 0) is 212 Å². The largest absolute Gasteiger partial charge is 0.228 e. The zero-order chi connectivity index (χ0) is 90.4. The van der Waals surface area contributed by atoms with E-state index >= 15 is 0 Å². The quantitative estimate of drug-likeness (QED) is 0.134. The fourth-order valence-corrected chi connectivity index (χ4v) is 22.5. The molecular formula is C129H90N6. The molecule has 0 saturated carbocycles. The Morgan fingerprint density at radius 3 is 0.948 bits per heavy atom. The topological polar surface area (TPSA) is 77.3 Å². The molecule has 24 aromatic rings. The van der Waals surface area contributed by atoms with Crippen molar-refractivity contribution in [2.24, 2.45) is 0 Å². The second-order valence-corrected chi connectivity index (χ2v) is 37.8. The van der Waals surface area contributed by atoms with Gasteiger partial charge in [0.2, 0.25) is 0 Å². The van der Waals surface area contributed by atoms with E-state index in [1.165, 1.54) is 164 Å². The highest BCUT2D eigenvalue weighted by molar-refractivity contribution is 6.16. The number of nitrogens with zero attached hydrogens (tertiary/aromatic N) is 6.